The van der Waals surface area contributed by atoms with Gasteiger partial charge in [0.1, 0.15) is 12.4 Å². The van der Waals surface area contributed by atoms with E-state index in [4.69, 9.17) is 21.5 Å². The summed E-state index contributed by atoms with van der Waals surface area (Å²) in [6.07, 6.45) is 0. The van der Waals surface area contributed by atoms with Gasteiger partial charge in [-0.25, -0.2) is 13.6 Å². The number of rotatable bonds is 4. The molecule has 6 heteroatoms. The van der Waals surface area contributed by atoms with Gasteiger partial charge < -0.3 is 4.74 Å². The highest BCUT2D eigenvalue weighted by molar-refractivity contribution is 7.89. The van der Waals surface area contributed by atoms with Gasteiger partial charge in [-0.05, 0) is 43.2 Å². The Balaban J connectivity index is 2.90. The van der Waals surface area contributed by atoms with E-state index in [1.54, 1.807) is 19.1 Å². The normalized spacial score (nSPS) is 12.6. The second kappa shape index (κ2) is 5.53. The van der Waals surface area contributed by atoms with E-state index in [9.17, 15) is 8.42 Å². The second-order valence-electron chi connectivity index (χ2n) is 3.72. The molecular formula is C11H14ClNO3S. The lowest BCUT2D eigenvalue weighted by molar-refractivity contribution is 0.352. The summed E-state index contributed by atoms with van der Waals surface area (Å²) in [5.41, 5.74) is 2.86. The molecule has 0 atom stereocenters. The Hall–Kier alpha value is -1.04. The first-order chi connectivity index (χ1) is 7.84. The van der Waals surface area contributed by atoms with Crippen molar-refractivity contribution in [3.05, 3.63) is 34.9 Å². The zero-order chi connectivity index (χ0) is 13.1. The Kier molecular flexibility index (Phi) is 4.56. The third-order valence-corrected chi connectivity index (χ3v) is 3.55. The minimum atomic E-state index is -3.67. The van der Waals surface area contributed by atoms with Crippen molar-refractivity contribution in [2.75, 3.05) is 6.61 Å². The predicted octanol–water partition coefficient (Wildman–Crippen LogP) is 2.16. The van der Waals surface area contributed by atoms with E-state index in [1.807, 2.05) is 6.92 Å². The lowest BCUT2D eigenvalue weighted by Crippen LogP contribution is -2.13. The van der Waals surface area contributed by atoms with Crippen molar-refractivity contribution in [1.82, 2.24) is 0 Å². The quantitative estimate of drug-likeness (QED) is 0.915. The zero-order valence-corrected chi connectivity index (χ0v) is 11.2. The van der Waals surface area contributed by atoms with E-state index >= 15 is 0 Å². The number of halogens is 1. The highest BCUT2D eigenvalue weighted by Gasteiger charge is 2.11. The van der Waals surface area contributed by atoms with Crippen LogP contribution in [0.4, 0.5) is 0 Å². The minimum absolute atomic E-state index is 0.106. The fraction of sp³-hybridized carbons (Fsp3) is 0.273. The molecule has 0 unspecified atom stereocenters. The Morgan fingerprint density at radius 3 is 2.65 bits per heavy atom. The molecule has 0 saturated heterocycles. The number of ether oxygens (including phenoxy) is 1. The van der Waals surface area contributed by atoms with Crippen LogP contribution in [0, 0.1) is 6.92 Å². The van der Waals surface area contributed by atoms with Crippen molar-refractivity contribution in [3.8, 4) is 5.75 Å². The first-order valence-electron chi connectivity index (χ1n) is 4.86. The van der Waals surface area contributed by atoms with Crippen molar-refractivity contribution in [2.45, 2.75) is 18.7 Å². The summed E-state index contributed by atoms with van der Waals surface area (Å²) in [4.78, 5) is 0.106. The summed E-state index contributed by atoms with van der Waals surface area (Å²) in [6.45, 7) is 3.85. The molecule has 0 fully saturated rings. The van der Waals surface area contributed by atoms with Gasteiger partial charge in [0.05, 0.1) is 4.90 Å². The van der Waals surface area contributed by atoms with Gasteiger partial charge >= 0.3 is 0 Å². The van der Waals surface area contributed by atoms with Gasteiger partial charge in [0.25, 0.3) is 0 Å². The van der Waals surface area contributed by atoms with Gasteiger partial charge in [0.2, 0.25) is 10.0 Å². The van der Waals surface area contributed by atoms with Crippen molar-refractivity contribution >= 4 is 21.6 Å². The van der Waals surface area contributed by atoms with E-state index < -0.39 is 10.0 Å². The molecule has 1 aromatic carbocycles. The topological polar surface area (TPSA) is 69.4 Å². The molecule has 0 amide bonds. The Morgan fingerprint density at radius 2 is 2.18 bits per heavy atom. The number of benzene rings is 1. The van der Waals surface area contributed by atoms with E-state index in [0.717, 1.165) is 5.57 Å². The van der Waals surface area contributed by atoms with Gasteiger partial charge in [0, 0.05) is 5.54 Å². The molecule has 0 heterocycles. The molecule has 0 aromatic heterocycles. The van der Waals surface area contributed by atoms with Crippen LogP contribution in [-0.2, 0) is 10.0 Å². The molecule has 1 aromatic rings. The number of primary sulfonamides is 1. The smallest absolute Gasteiger partial charge is 0.238 e. The van der Waals surface area contributed by atoms with Crippen molar-refractivity contribution in [2.24, 2.45) is 5.14 Å². The van der Waals surface area contributed by atoms with Crippen LogP contribution in [0.2, 0.25) is 0 Å². The van der Waals surface area contributed by atoms with Crippen LogP contribution in [0.5, 0.6) is 5.75 Å². The highest BCUT2D eigenvalue weighted by atomic mass is 35.5. The second-order valence-corrected chi connectivity index (χ2v) is 5.46. The van der Waals surface area contributed by atoms with Crippen LogP contribution < -0.4 is 9.88 Å². The molecule has 0 aliphatic rings. The standard InChI is InChI=1S/C11H14ClNO3S/c1-8(6-12)7-16-10-3-4-11(9(2)5-10)17(13,14)15/h3-6H,7H2,1-2H3,(H2,13,14,15)/b8-6-. The third-order valence-electron chi connectivity index (χ3n) is 2.11. The van der Waals surface area contributed by atoms with E-state index in [-0.39, 0.29) is 4.90 Å². The van der Waals surface area contributed by atoms with Crippen LogP contribution >= 0.6 is 11.6 Å². The Bertz CT molecular complexity index is 538. The summed E-state index contributed by atoms with van der Waals surface area (Å²) in [5.74, 6) is 0.577. The molecule has 0 aliphatic heterocycles. The van der Waals surface area contributed by atoms with E-state index in [2.05, 4.69) is 0 Å². The molecule has 0 bridgehead atoms. The molecule has 0 radical (unpaired) electrons. The summed E-state index contributed by atoms with van der Waals surface area (Å²) < 4.78 is 27.8. The lowest BCUT2D eigenvalue weighted by Gasteiger charge is -2.09. The molecule has 1 rings (SSSR count). The first kappa shape index (κ1) is 14.0. The summed E-state index contributed by atoms with van der Waals surface area (Å²) in [6, 6.07) is 4.62. The van der Waals surface area contributed by atoms with Crippen LogP contribution in [-0.4, -0.2) is 15.0 Å². The fourth-order valence-electron chi connectivity index (χ4n) is 1.26. The maximum atomic E-state index is 11.2. The molecule has 94 valence electrons. The Morgan fingerprint density at radius 1 is 1.53 bits per heavy atom. The predicted molar refractivity (Wildman–Crippen MR) is 67.7 cm³/mol. The number of nitrogens with two attached hydrogens (primary N) is 1. The van der Waals surface area contributed by atoms with Crippen LogP contribution in [0.3, 0.4) is 0 Å². The monoisotopic (exact) mass is 275 g/mol. The average Bonchev–Trinajstić information content (AvgIpc) is 2.24. The van der Waals surface area contributed by atoms with E-state index in [1.165, 1.54) is 11.6 Å². The van der Waals surface area contributed by atoms with Crippen LogP contribution in [0.25, 0.3) is 0 Å². The van der Waals surface area contributed by atoms with Crippen molar-refractivity contribution < 1.29 is 13.2 Å². The lowest BCUT2D eigenvalue weighted by atomic mass is 10.2. The van der Waals surface area contributed by atoms with Gasteiger partial charge in [-0.15, -0.1) is 0 Å². The third kappa shape index (κ3) is 4.03. The largest absolute Gasteiger partial charge is 0.489 e. The maximum Gasteiger partial charge on any atom is 0.238 e. The van der Waals surface area contributed by atoms with Crippen molar-refractivity contribution in [1.29, 1.82) is 0 Å². The fourth-order valence-corrected chi connectivity index (χ4v) is 2.09. The van der Waals surface area contributed by atoms with Gasteiger partial charge in [-0.1, -0.05) is 11.6 Å². The van der Waals surface area contributed by atoms with Gasteiger partial charge in [-0.2, -0.15) is 0 Å². The van der Waals surface area contributed by atoms with Crippen LogP contribution in [0.1, 0.15) is 12.5 Å². The van der Waals surface area contributed by atoms with Gasteiger partial charge in [-0.3, -0.25) is 0 Å². The number of hydrogen-bond acceptors (Lipinski definition) is 3. The molecule has 0 aliphatic carbocycles. The van der Waals surface area contributed by atoms with Crippen molar-refractivity contribution in [3.63, 3.8) is 0 Å². The molecular weight excluding hydrogens is 262 g/mol. The van der Waals surface area contributed by atoms with E-state index in [0.29, 0.717) is 17.9 Å². The molecule has 17 heavy (non-hydrogen) atoms. The number of aryl methyl sites for hydroxylation is 1. The summed E-state index contributed by atoms with van der Waals surface area (Å²) in [5, 5.41) is 5.06. The average molecular weight is 276 g/mol. The Labute approximate surface area is 106 Å². The minimum Gasteiger partial charge on any atom is -0.489 e. The highest BCUT2D eigenvalue weighted by Crippen LogP contribution is 2.20. The number of sulfonamides is 1. The first-order valence-corrected chi connectivity index (χ1v) is 6.85. The number of hydrogen-bond donors (Lipinski definition) is 1. The molecule has 2 N–H and O–H groups in total. The molecule has 4 nitrogen and oxygen atoms in total. The SMILES string of the molecule is C/C(=C/Cl)COc1ccc(S(N)(=O)=O)c(C)c1. The molecule has 0 saturated carbocycles. The summed E-state index contributed by atoms with van der Waals surface area (Å²) >= 11 is 5.50. The zero-order valence-electron chi connectivity index (χ0n) is 9.60. The van der Waals surface area contributed by atoms with Crippen LogP contribution in [0.15, 0.2) is 34.2 Å². The van der Waals surface area contributed by atoms with Gasteiger partial charge in [0.15, 0.2) is 0 Å². The maximum absolute atomic E-state index is 11.2. The summed E-state index contributed by atoms with van der Waals surface area (Å²) in [7, 11) is -3.67. The molecule has 0 spiro atoms.